The molecule has 1 fully saturated rings. The van der Waals surface area contributed by atoms with E-state index in [0.717, 1.165) is 53.8 Å². The lowest BCUT2D eigenvalue weighted by Gasteiger charge is -2.31. The largest absolute Gasteiger partial charge is 0.392 e. The van der Waals surface area contributed by atoms with E-state index < -0.39 is 0 Å². The molecule has 4 nitrogen and oxygen atoms in total. The summed E-state index contributed by atoms with van der Waals surface area (Å²) in [6, 6.07) is 13.9. The first kappa shape index (κ1) is 16.1. The van der Waals surface area contributed by atoms with E-state index in [1.54, 1.807) is 0 Å². The van der Waals surface area contributed by atoms with E-state index in [1.165, 1.54) is 0 Å². The van der Waals surface area contributed by atoms with Gasteiger partial charge in [-0.25, -0.2) is 0 Å². The smallest absolute Gasteiger partial charge is 0.0792 e. The fourth-order valence-electron chi connectivity index (χ4n) is 2.73. The molecule has 2 aromatic rings. The number of aliphatic hydroxyl groups excluding tert-OH is 1. The van der Waals surface area contributed by atoms with Crippen molar-refractivity contribution >= 4 is 23.0 Å². The molecule has 1 saturated heterocycles. The zero-order valence-corrected chi connectivity index (χ0v) is 13.7. The van der Waals surface area contributed by atoms with Gasteiger partial charge in [-0.1, -0.05) is 41.9 Å². The zero-order chi connectivity index (χ0) is 16.1. The quantitative estimate of drug-likeness (QED) is 0.882. The minimum atomic E-state index is 0.0726. The van der Waals surface area contributed by atoms with Gasteiger partial charge in [-0.2, -0.15) is 0 Å². The first-order valence-electron chi connectivity index (χ1n) is 7.81. The summed E-state index contributed by atoms with van der Waals surface area (Å²) in [5, 5.41) is 13.3. The highest BCUT2D eigenvalue weighted by atomic mass is 35.5. The van der Waals surface area contributed by atoms with E-state index in [0.29, 0.717) is 6.54 Å². The van der Waals surface area contributed by atoms with Crippen molar-refractivity contribution in [2.75, 3.05) is 36.5 Å². The van der Waals surface area contributed by atoms with E-state index in [-0.39, 0.29) is 6.61 Å². The summed E-state index contributed by atoms with van der Waals surface area (Å²) in [6.07, 6.45) is 0. The van der Waals surface area contributed by atoms with Crippen LogP contribution in [0.25, 0.3) is 0 Å². The van der Waals surface area contributed by atoms with Gasteiger partial charge in [0.2, 0.25) is 0 Å². The molecule has 0 unspecified atom stereocenters. The van der Waals surface area contributed by atoms with Crippen LogP contribution >= 0.6 is 11.6 Å². The molecular formula is C18H21ClN2O2. The van der Waals surface area contributed by atoms with Crippen molar-refractivity contribution in [1.82, 2.24) is 0 Å². The lowest BCUT2D eigenvalue weighted by atomic mass is 10.1. The maximum atomic E-state index is 9.10. The highest BCUT2D eigenvalue weighted by molar-refractivity contribution is 6.34. The predicted octanol–water partition coefficient (Wildman–Crippen LogP) is 3.28. The van der Waals surface area contributed by atoms with Crippen LogP contribution in [0.5, 0.6) is 0 Å². The molecule has 23 heavy (non-hydrogen) atoms. The average molecular weight is 333 g/mol. The number of hydrogen-bond donors (Lipinski definition) is 2. The van der Waals surface area contributed by atoms with Crippen molar-refractivity contribution in [3.8, 4) is 0 Å². The van der Waals surface area contributed by atoms with Crippen LogP contribution in [0, 0.1) is 0 Å². The summed E-state index contributed by atoms with van der Waals surface area (Å²) in [5.74, 6) is 0. The first-order valence-corrected chi connectivity index (χ1v) is 8.19. The molecule has 2 aromatic carbocycles. The molecule has 1 heterocycles. The molecule has 122 valence electrons. The van der Waals surface area contributed by atoms with Gasteiger partial charge in [0.05, 0.1) is 36.2 Å². The number of ether oxygens (including phenoxy) is 1. The number of aliphatic hydroxyl groups is 1. The summed E-state index contributed by atoms with van der Waals surface area (Å²) >= 11 is 6.43. The number of hydrogen-bond acceptors (Lipinski definition) is 4. The number of rotatable bonds is 5. The summed E-state index contributed by atoms with van der Waals surface area (Å²) in [6.45, 7) is 3.94. The molecule has 2 N–H and O–H groups in total. The van der Waals surface area contributed by atoms with Crippen LogP contribution in [0.2, 0.25) is 5.02 Å². The third-order valence-electron chi connectivity index (χ3n) is 4.00. The van der Waals surface area contributed by atoms with Gasteiger partial charge in [0.25, 0.3) is 0 Å². The molecular weight excluding hydrogens is 312 g/mol. The topological polar surface area (TPSA) is 44.7 Å². The van der Waals surface area contributed by atoms with Crippen molar-refractivity contribution < 1.29 is 9.84 Å². The molecule has 0 spiro atoms. The Morgan fingerprint density at radius 3 is 2.43 bits per heavy atom. The molecule has 0 aromatic heterocycles. The maximum Gasteiger partial charge on any atom is 0.0792 e. The van der Waals surface area contributed by atoms with Gasteiger partial charge in [0, 0.05) is 19.6 Å². The number of halogens is 1. The standard InChI is InChI=1S/C18H21ClN2O2/c19-16-2-1-3-17(18(16)21-8-10-23-11-9-21)20-12-14-4-6-15(13-22)7-5-14/h1-7,20,22H,8-13H2. The molecule has 0 saturated carbocycles. The molecule has 0 atom stereocenters. The Kier molecular flexibility index (Phi) is 5.39. The highest BCUT2D eigenvalue weighted by Crippen LogP contribution is 2.34. The lowest BCUT2D eigenvalue weighted by Crippen LogP contribution is -2.36. The average Bonchev–Trinajstić information content (AvgIpc) is 2.61. The predicted molar refractivity (Wildman–Crippen MR) is 94.2 cm³/mol. The minimum Gasteiger partial charge on any atom is -0.392 e. The maximum absolute atomic E-state index is 9.10. The monoisotopic (exact) mass is 332 g/mol. The third kappa shape index (κ3) is 3.96. The van der Waals surface area contributed by atoms with Gasteiger partial charge in [0.1, 0.15) is 0 Å². The van der Waals surface area contributed by atoms with Crippen molar-refractivity contribution in [3.05, 3.63) is 58.6 Å². The van der Waals surface area contributed by atoms with Gasteiger partial charge < -0.3 is 20.1 Å². The van der Waals surface area contributed by atoms with Crippen LogP contribution in [0.3, 0.4) is 0 Å². The third-order valence-corrected chi connectivity index (χ3v) is 4.31. The number of para-hydroxylation sites is 1. The Morgan fingerprint density at radius 1 is 1.04 bits per heavy atom. The Balaban J connectivity index is 1.75. The summed E-state index contributed by atoms with van der Waals surface area (Å²) in [5.41, 5.74) is 4.16. The zero-order valence-electron chi connectivity index (χ0n) is 13.0. The molecule has 1 aliphatic heterocycles. The number of nitrogens with one attached hydrogen (secondary N) is 1. The van der Waals surface area contributed by atoms with Crippen LogP contribution in [-0.4, -0.2) is 31.4 Å². The molecule has 3 rings (SSSR count). The minimum absolute atomic E-state index is 0.0726. The summed E-state index contributed by atoms with van der Waals surface area (Å²) < 4.78 is 5.43. The van der Waals surface area contributed by atoms with Crippen molar-refractivity contribution in [3.63, 3.8) is 0 Å². The number of morpholine rings is 1. The van der Waals surface area contributed by atoms with Crippen LogP contribution < -0.4 is 10.2 Å². The number of nitrogens with zero attached hydrogens (tertiary/aromatic N) is 1. The second kappa shape index (κ2) is 7.68. The van der Waals surface area contributed by atoms with E-state index >= 15 is 0 Å². The van der Waals surface area contributed by atoms with Gasteiger partial charge >= 0.3 is 0 Å². The number of benzene rings is 2. The highest BCUT2D eigenvalue weighted by Gasteiger charge is 2.17. The Labute approximate surface area is 141 Å². The Bertz CT molecular complexity index is 640. The molecule has 0 bridgehead atoms. The molecule has 1 aliphatic rings. The van der Waals surface area contributed by atoms with Crippen LogP contribution in [0.15, 0.2) is 42.5 Å². The SMILES string of the molecule is OCc1ccc(CNc2cccc(Cl)c2N2CCOCC2)cc1. The normalized spacial score (nSPS) is 14.8. The lowest BCUT2D eigenvalue weighted by molar-refractivity contribution is 0.123. The fraction of sp³-hybridized carbons (Fsp3) is 0.333. The summed E-state index contributed by atoms with van der Waals surface area (Å²) in [7, 11) is 0. The van der Waals surface area contributed by atoms with Crippen molar-refractivity contribution in [2.24, 2.45) is 0 Å². The van der Waals surface area contributed by atoms with E-state index in [4.69, 9.17) is 21.4 Å². The van der Waals surface area contributed by atoms with Crippen molar-refractivity contribution in [1.29, 1.82) is 0 Å². The van der Waals surface area contributed by atoms with Gasteiger partial charge in [-0.15, -0.1) is 0 Å². The Morgan fingerprint density at radius 2 is 1.74 bits per heavy atom. The van der Waals surface area contributed by atoms with Gasteiger partial charge in [0.15, 0.2) is 0 Å². The van der Waals surface area contributed by atoms with Gasteiger partial charge in [-0.3, -0.25) is 0 Å². The second-order valence-corrected chi connectivity index (χ2v) is 5.97. The molecule has 0 aliphatic carbocycles. The van der Waals surface area contributed by atoms with E-state index in [2.05, 4.69) is 16.3 Å². The van der Waals surface area contributed by atoms with Crippen LogP contribution in [-0.2, 0) is 17.9 Å². The Hall–Kier alpha value is -1.75. The van der Waals surface area contributed by atoms with Gasteiger partial charge in [-0.05, 0) is 23.3 Å². The second-order valence-electron chi connectivity index (χ2n) is 5.56. The van der Waals surface area contributed by atoms with Crippen LogP contribution in [0.4, 0.5) is 11.4 Å². The summed E-state index contributed by atoms with van der Waals surface area (Å²) in [4.78, 5) is 2.27. The van der Waals surface area contributed by atoms with Crippen molar-refractivity contribution in [2.45, 2.75) is 13.2 Å². The molecule has 0 radical (unpaired) electrons. The molecule has 0 amide bonds. The van der Waals surface area contributed by atoms with Crippen LogP contribution in [0.1, 0.15) is 11.1 Å². The van der Waals surface area contributed by atoms with E-state index in [9.17, 15) is 0 Å². The first-order chi connectivity index (χ1) is 11.3. The molecule has 5 heteroatoms. The fourth-order valence-corrected chi connectivity index (χ4v) is 3.02. The van der Waals surface area contributed by atoms with E-state index in [1.807, 2.05) is 36.4 Å². The number of anilines is 2.